The number of amides is 1. The summed E-state index contributed by atoms with van der Waals surface area (Å²) in [6.45, 7) is 4.91. The van der Waals surface area contributed by atoms with Crippen molar-refractivity contribution < 1.29 is 4.79 Å². The molecule has 0 saturated heterocycles. The monoisotopic (exact) mass is 224 g/mol. The smallest absolute Gasteiger partial charge is 0.227 e. The number of rotatable bonds is 3. The molecule has 0 aromatic carbocycles. The molecule has 3 heteroatoms. The maximum atomic E-state index is 12.3. The Labute approximate surface area is 98.2 Å². The van der Waals surface area contributed by atoms with Crippen LogP contribution in [-0.4, -0.2) is 18.5 Å². The lowest BCUT2D eigenvalue weighted by atomic mass is 9.73. The maximum Gasteiger partial charge on any atom is 0.227 e. The van der Waals surface area contributed by atoms with Crippen molar-refractivity contribution in [1.82, 2.24) is 5.32 Å². The molecule has 1 atom stereocenters. The molecule has 2 saturated carbocycles. The Morgan fingerprint density at radius 2 is 1.88 bits per heavy atom. The third-order valence-corrected chi connectivity index (χ3v) is 4.50. The van der Waals surface area contributed by atoms with Gasteiger partial charge in [0.05, 0.1) is 5.41 Å². The van der Waals surface area contributed by atoms with Gasteiger partial charge >= 0.3 is 0 Å². The normalized spacial score (nSPS) is 30.8. The highest BCUT2D eigenvalue weighted by molar-refractivity contribution is 5.83. The summed E-state index contributed by atoms with van der Waals surface area (Å²) >= 11 is 0. The fourth-order valence-electron chi connectivity index (χ4n) is 2.78. The van der Waals surface area contributed by atoms with Gasteiger partial charge in [0.2, 0.25) is 5.91 Å². The zero-order valence-electron chi connectivity index (χ0n) is 10.5. The molecule has 3 N–H and O–H groups in total. The Bertz CT molecular complexity index is 280. The topological polar surface area (TPSA) is 55.1 Å². The summed E-state index contributed by atoms with van der Waals surface area (Å²) in [4.78, 5) is 12.3. The van der Waals surface area contributed by atoms with E-state index in [1.165, 1.54) is 6.42 Å². The molecule has 1 unspecified atom stereocenters. The highest BCUT2D eigenvalue weighted by Crippen LogP contribution is 2.45. The standard InChI is InChI=1S/C13H24N2O/c1-12(2)8-10(12)15-11(16)13(9-14)6-4-3-5-7-13/h10H,3-9,14H2,1-2H3,(H,15,16). The third kappa shape index (κ3) is 2.10. The van der Waals surface area contributed by atoms with Gasteiger partial charge in [-0.05, 0) is 24.7 Å². The van der Waals surface area contributed by atoms with Crippen molar-refractivity contribution in [3.63, 3.8) is 0 Å². The van der Waals surface area contributed by atoms with Gasteiger partial charge in [-0.3, -0.25) is 4.79 Å². The largest absolute Gasteiger partial charge is 0.352 e. The molecule has 0 spiro atoms. The number of nitrogens with one attached hydrogen (secondary N) is 1. The Balaban J connectivity index is 1.96. The predicted octanol–water partition coefficient (Wildman–Crippen LogP) is 1.81. The minimum Gasteiger partial charge on any atom is -0.352 e. The van der Waals surface area contributed by atoms with Gasteiger partial charge in [-0.15, -0.1) is 0 Å². The molecule has 2 aliphatic rings. The van der Waals surface area contributed by atoms with E-state index in [1.54, 1.807) is 0 Å². The summed E-state index contributed by atoms with van der Waals surface area (Å²) in [5, 5.41) is 3.19. The van der Waals surface area contributed by atoms with Crippen molar-refractivity contribution in [2.75, 3.05) is 6.54 Å². The van der Waals surface area contributed by atoms with Gasteiger partial charge in [-0.2, -0.15) is 0 Å². The molecule has 0 aromatic heterocycles. The predicted molar refractivity (Wildman–Crippen MR) is 64.9 cm³/mol. The summed E-state index contributed by atoms with van der Waals surface area (Å²) in [5.41, 5.74) is 5.89. The second kappa shape index (κ2) is 4.02. The minimum atomic E-state index is -0.253. The lowest BCUT2D eigenvalue weighted by Crippen LogP contribution is -2.48. The number of hydrogen-bond acceptors (Lipinski definition) is 2. The molecule has 2 fully saturated rings. The van der Waals surface area contributed by atoms with Crippen LogP contribution in [0.1, 0.15) is 52.4 Å². The molecule has 0 aromatic rings. The van der Waals surface area contributed by atoms with E-state index in [2.05, 4.69) is 19.2 Å². The molecule has 0 heterocycles. The number of carbonyl (C=O) groups excluding carboxylic acids is 1. The van der Waals surface area contributed by atoms with Crippen molar-refractivity contribution in [3.05, 3.63) is 0 Å². The molecule has 3 nitrogen and oxygen atoms in total. The molecule has 2 aliphatic carbocycles. The molecule has 16 heavy (non-hydrogen) atoms. The molecule has 0 aliphatic heterocycles. The second-order valence-electron chi connectivity index (χ2n) is 6.26. The molecule has 92 valence electrons. The number of carbonyl (C=O) groups is 1. The summed E-state index contributed by atoms with van der Waals surface area (Å²) in [7, 11) is 0. The van der Waals surface area contributed by atoms with Gasteiger partial charge in [0, 0.05) is 12.6 Å². The molecule has 2 rings (SSSR count). The molecule has 1 amide bonds. The van der Waals surface area contributed by atoms with Gasteiger partial charge < -0.3 is 11.1 Å². The molecular formula is C13H24N2O. The van der Waals surface area contributed by atoms with E-state index in [1.807, 2.05) is 0 Å². The van der Waals surface area contributed by atoms with E-state index in [4.69, 9.17) is 5.73 Å². The van der Waals surface area contributed by atoms with Gasteiger partial charge in [-0.1, -0.05) is 33.1 Å². The first kappa shape index (κ1) is 11.9. The average Bonchev–Trinajstić information content (AvgIpc) is 2.87. The van der Waals surface area contributed by atoms with Gasteiger partial charge in [-0.25, -0.2) is 0 Å². The first-order valence-corrected chi connectivity index (χ1v) is 6.51. The summed E-state index contributed by atoms with van der Waals surface area (Å²) in [6.07, 6.45) is 6.62. The van der Waals surface area contributed by atoms with Crippen LogP contribution >= 0.6 is 0 Å². The second-order valence-corrected chi connectivity index (χ2v) is 6.26. The van der Waals surface area contributed by atoms with Crippen molar-refractivity contribution in [2.45, 2.75) is 58.4 Å². The fourth-order valence-corrected chi connectivity index (χ4v) is 2.78. The van der Waals surface area contributed by atoms with Crippen molar-refractivity contribution >= 4 is 5.91 Å². The lowest BCUT2D eigenvalue weighted by molar-refractivity contribution is -0.132. The maximum absolute atomic E-state index is 12.3. The van der Waals surface area contributed by atoms with Crippen LogP contribution in [0.25, 0.3) is 0 Å². The van der Waals surface area contributed by atoms with Crippen LogP contribution in [0.15, 0.2) is 0 Å². The first-order valence-electron chi connectivity index (χ1n) is 6.51. The highest BCUT2D eigenvalue weighted by atomic mass is 16.2. The average molecular weight is 224 g/mol. The van der Waals surface area contributed by atoms with Crippen LogP contribution in [0, 0.1) is 10.8 Å². The highest BCUT2D eigenvalue weighted by Gasteiger charge is 2.49. The van der Waals surface area contributed by atoms with Crippen LogP contribution in [0.4, 0.5) is 0 Å². The van der Waals surface area contributed by atoms with Gasteiger partial charge in [0.1, 0.15) is 0 Å². The Kier molecular flexibility index (Phi) is 2.99. The number of hydrogen-bond donors (Lipinski definition) is 2. The van der Waals surface area contributed by atoms with Crippen LogP contribution in [0.2, 0.25) is 0 Å². The Morgan fingerprint density at radius 3 is 2.31 bits per heavy atom. The van der Waals surface area contributed by atoms with E-state index in [-0.39, 0.29) is 11.3 Å². The molecule has 0 bridgehead atoms. The van der Waals surface area contributed by atoms with E-state index in [0.29, 0.717) is 18.0 Å². The molecular weight excluding hydrogens is 200 g/mol. The van der Waals surface area contributed by atoms with Crippen LogP contribution < -0.4 is 11.1 Å². The summed E-state index contributed by atoms with van der Waals surface area (Å²) in [5.74, 6) is 0.213. The third-order valence-electron chi connectivity index (χ3n) is 4.50. The first-order chi connectivity index (χ1) is 7.50. The van der Waals surface area contributed by atoms with Gasteiger partial charge in [0.15, 0.2) is 0 Å². The SMILES string of the molecule is CC1(C)CC1NC(=O)C1(CN)CCCCC1. The Morgan fingerprint density at radius 1 is 1.31 bits per heavy atom. The van der Waals surface area contributed by atoms with E-state index >= 15 is 0 Å². The summed E-state index contributed by atoms with van der Waals surface area (Å²) in [6, 6.07) is 0.380. The molecule has 0 radical (unpaired) electrons. The van der Waals surface area contributed by atoms with E-state index in [9.17, 15) is 4.79 Å². The van der Waals surface area contributed by atoms with Crippen molar-refractivity contribution in [2.24, 2.45) is 16.6 Å². The summed E-state index contributed by atoms with van der Waals surface area (Å²) < 4.78 is 0. The van der Waals surface area contributed by atoms with Crippen LogP contribution in [-0.2, 0) is 4.79 Å². The zero-order chi connectivity index (χ0) is 11.8. The van der Waals surface area contributed by atoms with Crippen LogP contribution in [0.5, 0.6) is 0 Å². The van der Waals surface area contributed by atoms with Crippen molar-refractivity contribution in [1.29, 1.82) is 0 Å². The van der Waals surface area contributed by atoms with Crippen molar-refractivity contribution in [3.8, 4) is 0 Å². The fraction of sp³-hybridized carbons (Fsp3) is 0.923. The lowest BCUT2D eigenvalue weighted by Gasteiger charge is -2.34. The van der Waals surface area contributed by atoms with E-state index in [0.717, 1.165) is 32.1 Å². The van der Waals surface area contributed by atoms with Gasteiger partial charge in [0.25, 0.3) is 0 Å². The zero-order valence-corrected chi connectivity index (χ0v) is 10.5. The Hall–Kier alpha value is -0.570. The van der Waals surface area contributed by atoms with E-state index < -0.39 is 0 Å². The quantitative estimate of drug-likeness (QED) is 0.768. The number of nitrogens with two attached hydrogens (primary N) is 1. The minimum absolute atomic E-state index is 0.213. The van der Waals surface area contributed by atoms with Crippen LogP contribution in [0.3, 0.4) is 0 Å².